The minimum absolute atomic E-state index is 0.285. The largest absolute Gasteiger partial charge is 0.315 e. The zero-order valence-corrected chi connectivity index (χ0v) is 14.8. The fraction of sp³-hybridized carbons (Fsp3) is 1.00. The first-order chi connectivity index (χ1) is 9.58. The van der Waals surface area contributed by atoms with Crippen molar-refractivity contribution in [1.29, 1.82) is 0 Å². The van der Waals surface area contributed by atoms with Crippen LogP contribution in [0.25, 0.3) is 0 Å². The third-order valence-electron chi connectivity index (χ3n) is 6.10. The molecule has 0 aromatic rings. The Bertz CT molecular complexity index is 262. The number of nitrogens with one attached hydrogen (secondary N) is 1. The van der Waals surface area contributed by atoms with Crippen LogP contribution in [0.4, 0.5) is 0 Å². The SMILES string of the molecule is CCC1CCCCC1C(NC)C(C)(CC)N(CC)CC. The highest BCUT2D eigenvalue weighted by molar-refractivity contribution is 5.00. The molecule has 1 N–H and O–H groups in total. The van der Waals surface area contributed by atoms with E-state index in [1.807, 2.05) is 0 Å². The average Bonchev–Trinajstić information content (AvgIpc) is 2.49. The predicted molar refractivity (Wildman–Crippen MR) is 90.2 cm³/mol. The van der Waals surface area contributed by atoms with Gasteiger partial charge in [-0.25, -0.2) is 0 Å². The van der Waals surface area contributed by atoms with E-state index in [4.69, 9.17) is 0 Å². The van der Waals surface area contributed by atoms with Crippen LogP contribution in [-0.4, -0.2) is 36.6 Å². The summed E-state index contributed by atoms with van der Waals surface area (Å²) in [6.45, 7) is 14.2. The van der Waals surface area contributed by atoms with E-state index < -0.39 is 0 Å². The third-order valence-corrected chi connectivity index (χ3v) is 6.10. The second-order valence-corrected chi connectivity index (χ2v) is 6.77. The van der Waals surface area contributed by atoms with Crippen molar-refractivity contribution in [1.82, 2.24) is 10.2 Å². The standard InChI is InChI=1S/C18H38N2/c1-7-15-13-11-12-14-16(15)17(19-6)18(5,8-2)20(9-3)10-4/h15-17,19H,7-14H2,1-6H3. The molecule has 0 aromatic heterocycles. The van der Waals surface area contributed by atoms with Gasteiger partial charge in [0.25, 0.3) is 0 Å². The highest BCUT2D eigenvalue weighted by atomic mass is 15.2. The van der Waals surface area contributed by atoms with Gasteiger partial charge in [-0.15, -0.1) is 0 Å². The van der Waals surface area contributed by atoms with E-state index in [0.717, 1.165) is 24.9 Å². The Morgan fingerprint density at radius 3 is 2.15 bits per heavy atom. The second-order valence-electron chi connectivity index (χ2n) is 6.77. The van der Waals surface area contributed by atoms with Crippen molar-refractivity contribution in [2.75, 3.05) is 20.1 Å². The summed E-state index contributed by atoms with van der Waals surface area (Å²) in [6.07, 6.45) is 8.31. The monoisotopic (exact) mass is 282 g/mol. The first-order valence-electron chi connectivity index (χ1n) is 9.01. The lowest BCUT2D eigenvalue weighted by molar-refractivity contribution is 0.0217. The fourth-order valence-electron chi connectivity index (χ4n) is 4.75. The summed E-state index contributed by atoms with van der Waals surface area (Å²) in [7, 11) is 2.18. The van der Waals surface area contributed by atoms with Gasteiger partial charge in [-0.05, 0) is 51.7 Å². The number of hydrogen-bond donors (Lipinski definition) is 1. The lowest BCUT2D eigenvalue weighted by Gasteiger charge is -2.51. The molecule has 0 bridgehead atoms. The van der Waals surface area contributed by atoms with E-state index >= 15 is 0 Å². The van der Waals surface area contributed by atoms with Gasteiger partial charge in [0.1, 0.15) is 0 Å². The second kappa shape index (κ2) is 8.38. The Morgan fingerprint density at radius 1 is 1.10 bits per heavy atom. The van der Waals surface area contributed by atoms with Gasteiger partial charge in [0.15, 0.2) is 0 Å². The van der Waals surface area contributed by atoms with E-state index in [9.17, 15) is 0 Å². The summed E-state index contributed by atoms with van der Waals surface area (Å²) in [4.78, 5) is 2.68. The molecule has 0 aliphatic heterocycles. The zero-order valence-electron chi connectivity index (χ0n) is 14.8. The number of hydrogen-bond acceptors (Lipinski definition) is 2. The Hall–Kier alpha value is -0.0800. The van der Waals surface area contributed by atoms with E-state index in [1.165, 1.54) is 38.5 Å². The van der Waals surface area contributed by atoms with Gasteiger partial charge >= 0.3 is 0 Å². The van der Waals surface area contributed by atoms with Gasteiger partial charge in [-0.1, -0.05) is 53.4 Å². The molecule has 0 saturated heterocycles. The first-order valence-corrected chi connectivity index (χ1v) is 9.01. The van der Waals surface area contributed by atoms with Crippen LogP contribution in [-0.2, 0) is 0 Å². The molecule has 2 nitrogen and oxygen atoms in total. The number of likely N-dealkylation sites (N-methyl/N-ethyl adjacent to an activating group) is 2. The molecule has 20 heavy (non-hydrogen) atoms. The topological polar surface area (TPSA) is 15.3 Å². The number of rotatable bonds is 8. The molecular formula is C18H38N2. The van der Waals surface area contributed by atoms with Crippen molar-refractivity contribution in [3.8, 4) is 0 Å². The van der Waals surface area contributed by atoms with Crippen molar-refractivity contribution >= 4 is 0 Å². The van der Waals surface area contributed by atoms with Crippen molar-refractivity contribution in [2.45, 2.75) is 84.7 Å². The summed E-state index contributed by atoms with van der Waals surface area (Å²) in [5.74, 6) is 1.77. The Balaban J connectivity index is 3.00. The summed E-state index contributed by atoms with van der Waals surface area (Å²) < 4.78 is 0. The third kappa shape index (κ3) is 3.57. The lowest BCUT2D eigenvalue weighted by Crippen LogP contribution is -2.62. The maximum Gasteiger partial charge on any atom is 0.0334 e. The minimum atomic E-state index is 0.285. The molecule has 1 fully saturated rings. The number of nitrogens with zero attached hydrogens (tertiary/aromatic N) is 1. The van der Waals surface area contributed by atoms with Crippen LogP contribution in [0, 0.1) is 11.8 Å². The first kappa shape index (κ1) is 18.0. The molecule has 1 rings (SSSR count). The van der Waals surface area contributed by atoms with Gasteiger partial charge in [0.2, 0.25) is 0 Å². The van der Waals surface area contributed by atoms with Crippen molar-refractivity contribution in [2.24, 2.45) is 11.8 Å². The molecule has 0 heterocycles. The molecule has 1 aliphatic carbocycles. The molecule has 4 unspecified atom stereocenters. The van der Waals surface area contributed by atoms with E-state index in [1.54, 1.807) is 0 Å². The van der Waals surface area contributed by atoms with Crippen molar-refractivity contribution in [3.05, 3.63) is 0 Å². The highest BCUT2D eigenvalue weighted by Crippen LogP contribution is 2.40. The molecule has 0 amide bonds. The average molecular weight is 283 g/mol. The minimum Gasteiger partial charge on any atom is -0.315 e. The van der Waals surface area contributed by atoms with Gasteiger partial charge in [-0.2, -0.15) is 0 Å². The Kier molecular flexibility index (Phi) is 7.53. The lowest BCUT2D eigenvalue weighted by atomic mass is 9.68. The van der Waals surface area contributed by atoms with Crippen molar-refractivity contribution in [3.63, 3.8) is 0 Å². The van der Waals surface area contributed by atoms with Crippen LogP contribution in [0.2, 0.25) is 0 Å². The molecular weight excluding hydrogens is 244 g/mol. The normalized spacial score (nSPS) is 28.4. The van der Waals surface area contributed by atoms with Crippen molar-refractivity contribution < 1.29 is 0 Å². The van der Waals surface area contributed by atoms with Crippen LogP contribution in [0.15, 0.2) is 0 Å². The van der Waals surface area contributed by atoms with E-state index in [0.29, 0.717) is 6.04 Å². The van der Waals surface area contributed by atoms with Crippen LogP contribution >= 0.6 is 0 Å². The van der Waals surface area contributed by atoms with Crippen LogP contribution in [0.5, 0.6) is 0 Å². The molecule has 1 saturated carbocycles. The molecule has 0 radical (unpaired) electrons. The van der Waals surface area contributed by atoms with Gasteiger partial charge < -0.3 is 5.32 Å². The molecule has 1 aliphatic rings. The smallest absolute Gasteiger partial charge is 0.0334 e. The van der Waals surface area contributed by atoms with Crippen LogP contribution in [0.3, 0.4) is 0 Å². The summed E-state index contributed by atoms with van der Waals surface area (Å²) in [6, 6.07) is 0.623. The molecule has 0 spiro atoms. The summed E-state index contributed by atoms with van der Waals surface area (Å²) >= 11 is 0. The quantitative estimate of drug-likeness (QED) is 0.714. The predicted octanol–water partition coefficient (Wildman–Crippen LogP) is 4.30. The summed E-state index contributed by atoms with van der Waals surface area (Å²) in [5.41, 5.74) is 0.285. The van der Waals surface area contributed by atoms with E-state index in [-0.39, 0.29) is 5.54 Å². The molecule has 120 valence electrons. The Morgan fingerprint density at radius 2 is 1.70 bits per heavy atom. The van der Waals surface area contributed by atoms with Gasteiger partial charge in [-0.3, -0.25) is 4.90 Å². The molecule has 2 heteroatoms. The molecule has 4 atom stereocenters. The van der Waals surface area contributed by atoms with E-state index in [2.05, 4.69) is 51.9 Å². The van der Waals surface area contributed by atoms with Gasteiger partial charge in [0, 0.05) is 11.6 Å². The maximum atomic E-state index is 3.74. The maximum absolute atomic E-state index is 3.74. The van der Waals surface area contributed by atoms with Crippen LogP contribution in [0.1, 0.15) is 73.1 Å². The fourth-order valence-corrected chi connectivity index (χ4v) is 4.75. The summed E-state index contributed by atoms with van der Waals surface area (Å²) in [5, 5.41) is 3.74. The Labute approximate surface area is 127 Å². The highest BCUT2D eigenvalue weighted by Gasteiger charge is 2.43. The molecule has 0 aromatic carbocycles. The van der Waals surface area contributed by atoms with Crippen LogP contribution < -0.4 is 5.32 Å². The zero-order chi connectivity index (χ0) is 15.2. The van der Waals surface area contributed by atoms with Gasteiger partial charge in [0.05, 0.1) is 0 Å².